The predicted octanol–water partition coefficient (Wildman–Crippen LogP) is 2.33. The van der Waals surface area contributed by atoms with E-state index in [4.69, 9.17) is 0 Å². The highest BCUT2D eigenvalue weighted by molar-refractivity contribution is 6.00. The predicted molar refractivity (Wildman–Crippen MR) is 76.7 cm³/mol. The molecule has 0 spiro atoms. The first-order valence-corrected chi connectivity index (χ1v) is 7.23. The number of nitrogens with one attached hydrogen (secondary N) is 1. The van der Waals surface area contributed by atoms with E-state index in [-0.39, 0.29) is 23.3 Å². The van der Waals surface area contributed by atoms with Crippen LogP contribution in [0, 0.1) is 5.41 Å². The largest absolute Gasteiger partial charge is 0.340 e. The molecule has 0 aromatic carbocycles. The van der Waals surface area contributed by atoms with Crippen LogP contribution in [0.15, 0.2) is 0 Å². The lowest BCUT2D eigenvalue weighted by Gasteiger charge is -2.50. The van der Waals surface area contributed by atoms with Crippen molar-refractivity contribution < 1.29 is 9.59 Å². The molecule has 0 radical (unpaired) electrons. The van der Waals surface area contributed by atoms with Gasteiger partial charge in [0.1, 0.15) is 11.6 Å². The van der Waals surface area contributed by atoms with E-state index in [1.807, 2.05) is 53.4 Å². The van der Waals surface area contributed by atoms with E-state index in [1.54, 1.807) is 0 Å². The zero-order valence-corrected chi connectivity index (χ0v) is 13.3. The van der Waals surface area contributed by atoms with Gasteiger partial charge in [0.2, 0.25) is 11.8 Å². The zero-order valence-electron chi connectivity index (χ0n) is 13.3. The Morgan fingerprint density at radius 1 is 1.32 bits per heavy atom. The zero-order chi connectivity index (χ0) is 15.0. The second-order valence-electron chi connectivity index (χ2n) is 6.91. The number of amides is 2. The maximum absolute atomic E-state index is 12.8. The summed E-state index contributed by atoms with van der Waals surface area (Å²) >= 11 is 0. The Balaban J connectivity index is 3.27. The molecule has 1 fully saturated rings. The molecule has 4 nitrogen and oxygen atoms in total. The summed E-state index contributed by atoms with van der Waals surface area (Å²) in [6, 6.07) is -0.316. The summed E-state index contributed by atoms with van der Waals surface area (Å²) in [7, 11) is 0. The van der Waals surface area contributed by atoms with Gasteiger partial charge in [-0.15, -0.1) is 0 Å². The fourth-order valence-electron chi connectivity index (χ4n) is 2.62. The lowest BCUT2D eigenvalue weighted by Crippen LogP contribution is -2.72. The van der Waals surface area contributed by atoms with Gasteiger partial charge in [-0.25, -0.2) is 0 Å². The van der Waals surface area contributed by atoms with Crippen LogP contribution in [-0.2, 0) is 9.59 Å². The number of hydrogen-bond donors (Lipinski definition) is 1. The molecule has 2 amide bonds. The molecule has 1 N–H and O–H groups in total. The van der Waals surface area contributed by atoms with Crippen LogP contribution in [-0.4, -0.2) is 34.3 Å². The molecule has 0 saturated carbocycles. The lowest BCUT2D eigenvalue weighted by atomic mass is 9.79. The Labute approximate surface area is 116 Å². The molecule has 3 unspecified atom stereocenters. The van der Waals surface area contributed by atoms with Crippen molar-refractivity contribution in [1.82, 2.24) is 10.2 Å². The summed E-state index contributed by atoms with van der Waals surface area (Å²) in [4.78, 5) is 27.1. The highest BCUT2D eigenvalue weighted by atomic mass is 16.2. The molecular formula is C15H28N2O2. The average Bonchev–Trinajstić information content (AvgIpc) is 2.30. The molecule has 19 heavy (non-hydrogen) atoms. The average molecular weight is 268 g/mol. The van der Waals surface area contributed by atoms with Crippen molar-refractivity contribution in [2.24, 2.45) is 5.41 Å². The SMILES string of the molecule is CCC(C)N1C(=O)C(C)(CC)NC(=O)C1C(C)(C)C. The third kappa shape index (κ3) is 2.77. The topological polar surface area (TPSA) is 49.4 Å². The number of hydrogen-bond acceptors (Lipinski definition) is 2. The molecule has 1 saturated heterocycles. The summed E-state index contributed by atoms with van der Waals surface area (Å²) < 4.78 is 0. The number of nitrogens with zero attached hydrogens (tertiary/aromatic N) is 1. The molecule has 110 valence electrons. The fraction of sp³-hybridized carbons (Fsp3) is 0.867. The minimum atomic E-state index is -0.762. The van der Waals surface area contributed by atoms with Crippen molar-refractivity contribution in [2.75, 3.05) is 0 Å². The molecule has 4 heteroatoms. The van der Waals surface area contributed by atoms with Gasteiger partial charge in [0.15, 0.2) is 0 Å². The van der Waals surface area contributed by atoms with E-state index >= 15 is 0 Å². The normalized spacial score (nSPS) is 30.3. The van der Waals surface area contributed by atoms with Gasteiger partial charge in [-0.05, 0) is 32.1 Å². The molecule has 1 aliphatic heterocycles. The summed E-state index contributed by atoms with van der Waals surface area (Å²) in [6.07, 6.45) is 1.47. The van der Waals surface area contributed by atoms with Crippen LogP contribution in [0.5, 0.6) is 0 Å². The van der Waals surface area contributed by atoms with Crippen molar-refractivity contribution in [3.63, 3.8) is 0 Å². The van der Waals surface area contributed by atoms with Gasteiger partial charge >= 0.3 is 0 Å². The third-order valence-electron chi connectivity index (χ3n) is 4.23. The molecular weight excluding hydrogens is 240 g/mol. The lowest BCUT2D eigenvalue weighted by molar-refractivity contribution is -0.162. The van der Waals surface area contributed by atoms with E-state index in [0.717, 1.165) is 6.42 Å². The second-order valence-corrected chi connectivity index (χ2v) is 6.91. The van der Waals surface area contributed by atoms with Crippen molar-refractivity contribution in [3.8, 4) is 0 Å². The quantitative estimate of drug-likeness (QED) is 0.854. The van der Waals surface area contributed by atoms with E-state index in [9.17, 15) is 9.59 Å². The van der Waals surface area contributed by atoms with Crippen LogP contribution in [0.1, 0.15) is 61.3 Å². The molecule has 0 aromatic rings. The number of piperazine rings is 1. The van der Waals surface area contributed by atoms with Gasteiger partial charge in [-0.2, -0.15) is 0 Å². The first-order chi connectivity index (χ1) is 8.58. The molecule has 1 rings (SSSR count). The van der Waals surface area contributed by atoms with Crippen LogP contribution in [0.25, 0.3) is 0 Å². The maximum atomic E-state index is 12.8. The Hall–Kier alpha value is -1.06. The van der Waals surface area contributed by atoms with E-state index in [0.29, 0.717) is 6.42 Å². The van der Waals surface area contributed by atoms with Gasteiger partial charge in [0, 0.05) is 6.04 Å². The highest BCUT2D eigenvalue weighted by Gasteiger charge is 2.51. The van der Waals surface area contributed by atoms with Crippen LogP contribution in [0.3, 0.4) is 0 Å². The van der Waals surface area contributed by atoms with Crippen molar-refractivity contribution in [3.05, 3.63) is 0 Å². The number of carbonyl (C=O) groups excluding carboxylic acids is 2. The number of carbonyl (C=O) groups is 2. The van der Waals surface area contributed by atoms with Crippen LogP contribution in [0.2, 0.25) is 0 Å². The minimum absolute atomic E-state index is 0.0308. The first kappa shape index (κ1) is 16.0. The second kappa shape index (κ2) is 5.14. The number of rotatable bonds is 3. The Bertz CT molecular complexity index is 373. The van der Waals surface area contributed by atoms with Gasteiger partial charge in [0.05, 0.1) is 0 Å². The Kier molecular flexibility index (Phi) is 4.33. The molecule has 1 heterocycles. The standard InChI is InChI=1S/C15H28N2O2/c1-8-10(3)17-11(14(4,5)6)12(18)16-15(7,9-2)13(17)19/h10-11H,8-9H2,1-7H3,(H,16,18). The van der Waals surface area contributed by atoms with Crippen molar-refractivity contribution in [1.29, 1.82) is 0 Å². The van der Waals surface area contributed by atoms with Crippen LogP contribution in [0.4, 0.5) is 0 Å². The monoisotopic (exact) mass is 268 g/mol. The molecule has 3 atom stereocenters. The summed E-state index contributed by atoms with van der Waals surface area (Å²) in [6.45, 7) is 13.8. The fourth-order valence-corrected chi connectivity index (χ4v) is 2.62. The van der Waals surface area contributed by atoms with Gasteiger partial charge < -0.3 is 10.2 Å². The minimum Gasteiger partial charge on any atom is -0.340 e. The van der Waals surface area contributed by atoms with Gasteiger partial charge in [-0.1, -0.05) is 34.6 Å². The van der Waals surface area contributed by atoms with E-state index < -0.39 is 11.6 Å². The summed E-state index contributed by atoms with van der Waals surface area (Å²) in [5.41, 5.74) is -1.03. The molecule has 1 aliphatic rings. The summed E-state index contributed by atoms with van der Waals surface area (Å²) in [5.74, 6) is 0.0145. The van der Waals surface area contributed by atoms with Crippen molar-refractivity contribution >= 4 is 11.8 Å². The van der Waals surface area contributed by atoms with Crippen LogP contribution < -0.4 is 5.32 Å². The van der Waals surface area contributed by atoms with Crippen LogP contribution >= 0.6 is 0 Å². The van der Waals surface area contributed by atoms with Gasteiger partial charge in [-0.3, -0.25) is 9.59 Å². The molecule has 0 aromatic heterocycles. The third-order valence-corrected chi connectivity index (χ3v) is 4.23. The molecule has 0 bridgehead atoms. The van der Waals surface area contributed by atoms with E-state index in [2.05, 4.69) is 5.32 Å². The van der Waals surface area contributed by atoms with Crippen molar-refractivity contribution in [2.45, 2.75) is 78.9 Å². The maximum Gasteiger partial charge on any atom is 0.248 e. The van der Waals surface area contributed by atoms with E-state index in [1.165, 1.54) is 0 Å². The summed E-state index contributed by atoms with van der Waals surface area (Å²) in [5, 5.41) is 2.93. The smallest absolute Gasteiger partial charge is 0.248 e. The highest BCUT2D eigenvalue weighted by Crippen LogP contribution is 2.33. The molecule has 0 aliphatic carbocycles. The first-order valence-electron chi connectivity index (χ1n) is 7.23. The van der Waals surface area contributed by atoms with Gasteiger partial charge in [0.25, 0.3) is 0 Å². The Morgan fingerprint density at radius 2 is 1.84 bits per heavy atom. The Morgan fingerprint density at radius 3 is 2.21 bits per heavy atom.